The molecule has 1 amide bonds. The lowest BCUT2D eigenvalue weighted by atomic mass is 10.2. The number of carbonyl (C=O) groups excluding carboxylic acids is 1. The van der Waals surface area contributed by atoms with Crippen molar-refractivity contribution in [1.82, 2.24) is 10.2 Å². The van der Waals surface area contributed by atoms with Gasteiger partial charge in [-0.3, -0.25) is 9.69 Å². The van der Waals surface area contributed by atoms with Crippen molar-refractivity contribution >= 4 is 28.8 Å². The fourth-order valence-electron chi connectivity index (χ4n) is 1.42. The number of thiophene rings is 1. The van der Waals surface area contributed by atoms with Crippen molar-refractivity contribution in [3.05, 3.63) is 21.3 Å². The van der Waals surface area contributed by atoms with Crippen molar-refractivity contribution in [1.29, 1.82) is 0 Å². The maximum atomic E-state index is 11.8. The first kappa shape index (κ1) is 14.5. The summed E-state index contributed by atoms with van der Waals surface area (Å²) in [5, 5.41) is 2.90. The number of hydrogen-bond acceptors (Lipinski definition) is 3. The second-order valence-electron chi connectivity index (χ2n) is 4.09. The summed E-state index contributed by atoms with van der Waals surface area (Å²) in [5.41, 5.74) is 0. The van der Waals surface area contributed by atoms with Gasteiger partial charge in [-0.1, -0.05) is 18.5 Å². The third kappa shape index (κ3) is 4.66. The first-order valence-electron chi connectivity index (χ1n) is 5.76. The third-order valence-electron chi connectivity index (χ3n) is 2.62. The van der Waals surface area contributed by atoms with Crippen molar-refractivity contribution in [2.75, 3.05) is 13.6 Å². The predicted molar refractivity (Wildman–Crippen MR) is 73.6 cm³/mol. The summed E-state index contributed by atoms with van der Waals surface area (Å²) < 4.78 is 0.788. The Hall–Kier alpha value is -0.580. The van der Waals surface area contributed by atoms with Crippen LogP contribution in [-0.2, 0) is 11.3 Å². The molecule has 1 aromatic heterocycles. The SMILES string of the molecule is CCCNC(=O)C(C)N(C)Cc1ccc(Cl)s1. The third-order valence-corrected chi connectivity index (χ3v) is 3.84. The zero-order valence-corrected chi connectivity index (χ0v) is 12.1. The molecule has 0 fully saturated rings. The molecule has 0 aromatic carbocycles. The number of halogens is 1. The molecule has 0 aliphatic heterocycles. The summed E-state index contributed by atoms with van der Waals surface area (Å²) in [6, 6.07) is 3.76. The van der Waals surface area contributed by atoms with Gasteiger partial charge in [0.2, 0.25) is 5.91 Å². The van der Waals surface area contributed by atoms with Crippen LogP contribution >= 0.6 is 22.9 Å². The molecule has 96 valence electrons. The molecule has 0 aliphatic rings. The summed E-state index contributed by atoms with van der Waals surface area (Å²) in [4.78, 5) is 15.0. The van der Waals surface area contributed by atoms with Gasteiger partial charge in [0.05, 0.1) is 10.4 Å². The standard InChI is InChI=1S/C12H19ClN2OS/c1-4-7-14-12(16)9(2)15(3)8-10-5-6-11(13)17-10/h5-6,9H,4,7-8H2,1-3H3,(H,14,16). The van der Waals surface area contributed by atoms with Gasteiger partial charge in [0, 0.05) is 18.0 Å². The number of amides is 1. The molecule has 0 saturated carbocycles. The van der Waals surface area contributed by atoms with Crippen LogP contribution in [0.2, 0.25) is 4.34 Å². The van der Waals surface area contributed by atoms with Gasteiger partial charge >= 0.3 is 0 Å². The van der Waals surface area contributed by atoms with E-state index in [-0.39, 0.29) is 11.9 Å². The molecule has 0 saturated heterocycles. The predicted octanol–water partition coefficient (Wildman–Crippen LogP) is 2.75. The van der Waals surface area contributed by atoms with Crippen LogP contribution in [0.25, 0.3) is 0 Å². The Labute approximate surface area is 112 Å². The quantitative estimate of drug-likeness (QED) is 0.865. The van der Waals surface area contributed by atoms with Crippen LogP contribution in [0.1, 0.15) is 25.1 Å². The molecule has 0 bridgehead atoms. The maximum Gasteiger partial charge on any atom is 0.237 e. The molecule has 1 atom stereocenters. The molecule has 0 spiro atoms. The highest BCUT2D eigenvalue weighted by molar-refractivity contribution is 7.16. The lowest BCUT2D eigenvalue weighted by Gasteiger charge is -2.23. The molecule has 1 rings (SSSR count). The summed E-state index contributed by atoms with van der Waals surface area (Å²) in [6.45, 7) is 5.45. The Kier molecular flexibility index (Phi) is 5.95. The van der Waals surface area contributed by atoms with Crippen molar-refractivity contribution in [3.8, 4) is 0 Å². The fraction of sp³-hybridized carbons (Fsp3) is 0.583. The first-order chi connectivity index (χ1) is 8.04. The Balaban J connectivity index is 2.46. The van der Waals surface area contributed by atoms with E-state index in [1.54, 1.807) is 11.3 Å². The second kappa shape index (κ2) is 6.99. The highest BCUT2D eigenvalue weighted by Crippen LogP contribution is 2.22. The lowest BCUT2D eigenvalue weighted by molar-refractivity contribution is -0.125. The van der Waals surface area contributed by atoms with Crippen molar-refractivity contribution in [3.63, 3.8) is 0 Å². The topological polar surface area (TPSA) is 32.3 Å². The van der Waals surface area contributed by atoms with Crippen LogP contribution in [0.4, 0.5) is 0 Å². The van der Waals surface area contributed by atoms with Crippen molar-refractivity contribution in [2.45, 2.75) is 32.9 Å². The Morgan fingerprint density at radius 2 is 2.29 bits per heavy atom. The summed E-state index contributed by atoms with van der Waals surface area (Å²) in [7, 11) is 1.95. The first-order valence-corrected chi connectivity index (χ1v) is 6.96. The summed E-state index contributed by atoms with van der Waals surface area (Å²) >= 11 is 7.43. The number of hydrogen-bond donors (Lipinski definition) is 1. The van der Waals surface area contributed by atoms with E-state index in [1.807, 2.05) is 37.9 Å². The van der Waals surface area contributed by atoms with Gasteiger partial charge in [-0.2, -0.15) is 0 Å². The molecule has 1 N–H and O–H groups in total. The smallest absolute Gasteiger partial charge is 0.237 e. The minimum absolute atomic E-state index is 0.0806. The molecule has 3 nitrogen and oxygen atoms in total. The van der Waals surface area contributed by atoms with Crippen molar-refractivity contribution < 1.29 is 4.79 Å². The highest BCUT2D eigenvalue weighted by Gasteiger charge is 2.17. The zero-order valence-electron chi connectivity index (χ0n) is 10.5. The van der Waals surface area contributed by atoms with Crippen LogP contribution in [0.15, 0.2) is 12.1 Å². The van der Waals surface area contributed by atoms with Gasteiger partial charge in [-0.25, -0.2) is 0 Å². The molecule has 0 radical (unpaired) electrons. The van der Waals surface area contributed by atoms with E-state index in [2.05, 4.69) is 5.32 Å². The number of nitrogens with zero attached hydrogens (tertiary/aromatic N) is 1. The van der Waals surface area contributed by atoms with Gasteiger partial charge in [-0.05, 0) is 32.5 Å². The van der Waals surface area contributed by atoms with E-state index in [0.29, 0.717) is 0 Å². The van der Waals surface area contributed by atoms with Crippen LogP contribution in [-0.4, -0.2) is 30.4 Å². The number of nitrogens with one attached hydrogen (secondary N) is 1. The Morgan fingerprint density at radius 1 is 1.59 bits per heavy atom. The van der Waals surface area contributed by atoms with Gasteiger partial charge in [0.1, 0.15) is 0 Å². The fourth-order valence-corrected chi connectivity index (χ4v) is 2.57. The summed E-state index contributed by atoms with van der Waals surface area (Å²) in [5.74, 6) is 0.0806. The van der Waals surface area contributed by atoms with E-state index in [9.17, 15) is 4.79 Å². The average Bonchev–Trinajstić information content (AvgIpc) is 2.70. The molecule has 17 heavy (non-hydrogen) atoms. The van der Waals surface area contributed by atoms with Crippen LogP contribution in [0, 0.1) is 0 Å². The lowest BCUT2D eigenvalue weighted by Crippen LogP contribution is -2.42. The highest BCUT2D eigenvalue weighted by atomic mass is 35.5. The summed E-state index contributed by atoms with van der Waals surface area (Å²) in [6.07, 6.45) is 0.961. The molecule has 0 aliphatic carbocycles. The van der Waals surface area contributed by atoms with E-state index in [0.717, 1.165) is 23.8 Å². The second-order valence-corrected chi connectivity index (χ2v) is 5.89. The monoisotopic (exact) mass is 274 g/mol. The molecule has 1 heterocycles. The van der Waals surface area contributed by atoms with E-state index in [4.69, 9.17) is 11.6 Å². The maximum absolute atomic E-state index is 11.8. The molecule has 5 heteroatoms. The van der Waals surface area contributed by atoms with E-state index < -0.39 is 0 Å². The number of carbonyl (C=O) groups is 1. The average molecular weight is 275 g/mol. The Morgan fingerprint density at radius 3 is 2.82 bits per heavy atom. The van der Waals surface area contributed by atoms with Gasteiger partial charge in [0.15, 0.2) is 0 Å². The van der Waals surface area contributed by atoms with Gasteiger partial charge < -0.3 is 5.32 Å². The van der Waals surface area contributed by atoms with E-state index in [1.165, 1.54) is 4.88 Å². The number of likely N-dealkylation sites (N-methyl/N-ethyl adjacent to an activating group) is 1. The zero-order chi connectivity index (χ0) is 12.8. The Bertz CT molecular complexity index is 367. The molecule has 1 unspecified atom stereocenters. The molecular formula is C12H19ClN2OS. The minimum atomic E-state index is -0.123. The van der Waals surface area contributed by atoms with Crippen LogP contribution in [0.5, 0.6) is 0 Å². The van der Waals surface area contributed by atoms with Gasteiger partial charge in [0.25, 0.3) is 0 Å². The normalized spacial score (nSPS) is 12.8. The van der Waals surface area contributed by atoms with Crippen LogP contribution < -0.4 is 5.32 Å². The molecule has 1 aromatic rings. The number of rotatable bonds is 6. The largest absolute Gasteiger partial charge is 0.355 e. The minimum Gasteiger partial charge on any atom is -0.355 e. The van der Waals surface area contributed by atoms with Gasteiger partial charge in [-0.15, -0.1) is 11.3 Å². The van der Waals surface area contributed by atoms with Crippen LogP contribution in [0.3, 0.4) is 0 Å². The van der Waals surface area contributed by atoms with E-state index >= 15 is 0 Å². The van der Waals surface area contributed by atoms with Crippen molar-refractivity contribution in [2.24, 2.45) is 0 Å². The molecular weight excluding hydrogens is 256 g/mol.